The molecule has 0 heterocycles. The fraction of sp³-hybridized carbons (Fsp3) is 1.00. The molecule has 32 heavy (non-hydrogen) atoms. The minimum absolute atomic E-state index is 0.405. The molecular formula is C20H44N2O10. The van der Waals surface area contributed by atoms with E-state index in [0.717, 1.165) is 0 Å². The van der Waals surface area contributed by atoms with Gasteiger partial charge in [-0.1, -0.05) is 0 Å². The second-order valence-electron chi connectivity index (χ2n) is 6.21. The predicted octanol–water partition coefficient (Wildman–Crippen LogP) is -0.927. The number of nitrogens with one attached hydrogen (secondary N) is 1. The summed E-state index contributed by atoms with van der Waals surface area (Å²) >= 11 is 0. The second-order valence-corrected chi connectivity index (χ2v) is 6.21. The molecular weight excluding hydrogens is 428 g/mol. The Balaban J connectivity index is 2.98. The van der Waals surface area contributed by atoms with E-state index in [1.807, 2.05) is 5.48 Å². The first-order chi connectivity index (χ1) is 15.9. The van der Waals surface area contributed by atoms with Crippen molar-refractivity contribution in [1.29, 1.82) is 0 Å². The normalized spacial score (nSPS) is 11.4. The van der Waals surface area contributed by atoms with Gasteiger partial charge in [-0.05, 0) is 0 Å². The van der Waals surface area contributed by atoms with Crippen LogP contribution in [0, 0.1) is 0 Å². The molecule has 0 saturated heterocycles. The van der Waals surface area contributed by atoms with Crippen molar-refractivity contribution in [2.45, 2.75) is 0 Å². The topological polar surface area (TPSA) is 141 Å². The monoisotopic (exact) mass is 472 g/mol. The van der Waals surface area contributed by atoms with Crippen LogP contribution in [0.5, 0.6) is 0 Å². The van der Waals surface area contributed by atoms with Crippen molar-refractivity contribution in [3.05, 3.63) is 0 Å². The number of nitrogens with two attached hydrogens (primary N) is 1. The lowest BCUT2D eigenvalue weighted by Gasteiger charge is -2.08. The molecule has 0 radical (unpaired) electrons. The molecule has 194 valence electrons. The van der Waals surface area contributed by atoms with Crippen molar-refractivity contribution in [1.82, 2.24) is 5.48 Å². The molecule has 4 N–H and O–H groups in total. The van der Waals surface area contributed by atoms with E-state index in [9.17, 15) is 0 Å². The first-order valence-electron chi connectivity index (χ1n) is 11.2. The SMILES string of the molecule is NCCOCCOCCOCCOCCOCCOCCOCCOCCOCCNO. The van der Waals surface area contributed by atoms with Gasteiger partial charge in [0.2, 0.25) is 0 Å². The Labute approximate surface area is 191 Å². The Hall–Kier alpha value is -0.480. The molecule has 0 rings (SSSR count). The van der Waals surface area contributed by atoms with E-state index in [1.165, 1.54) is 0 Å². The maximum atomic E-state index is 8.35. The van der Waals surface area contributed by atoms with Crippen LogP contribution in [0.25, 0.3) is 0 Å². The summed E-state index contributed by atoms with van der Waals surface area (Å²) < 4.78 is 48.1. The van der Waals surface area contributed by atoms with Gasteiger partial charge in [0, 0.05) is 13.1 Å². The van der Waals surface area contributed by atoms with Crippen molar-refractivity contribution in [2.75, 3.05) is 132 Å². The highest BCUT2D eigenvalue weighted by Gasteiger charge is 1.95. The second kappa shape index (κ2) is 30.5. The molecule has 0 aromatic carbocycles. The van der Waals surface area contributed by atoms with Gasteiger partial charge in [-0.3, -0.25) is 0 Å². The molecule has 0 aliphatic carbocycles. The summed E-state index contributed by atoms with van der Waals surface area (Å²) in [5.41, 5.74) is 7.32. The summed E-state index contributed by atoms with van der Waals surface area (Å²) in [5.74, 6) is 0. The van der Waals surface area contributed by atoms with Crippen LogP contribution in [0.1, 0.15) is 0 Å². The standard InChI is InChI=1S/C20H44N2O10/c21-1-3-24-5-7-26-9-11-28-13-15-30-17-19-32-20-18-31-16-14-29-12-10-27-8-6-25-4-2-22-23/h22-23H,1-21H2. The molecule has 0 aromatic heterocycles. The van der Waals surface area contributed by atoms with Gasteiger partial charge in [0.05, 0.1) is 119 Å². The summed E-state index contributed by atoms with van der Waals surface area (Å²) in [7, 11) is 0. The highest BCUT2D eigenvalue weighted by molar-refractivity contribution is 4.38. The number of ether oxygens (including phenoxy) is 9. The number of rotatable bonds is 29. The molecule has 0 aliphatic rings. The minimum Gasteiger partial charge on any atom is -0.378 e. The Kier molecular flexibility index (Phi) is 30.1. The van der Waals surface area contributed by atoms with Crippen LogP contribution < -0.4 is 11.2 Å². The van der Waals surface area contributed by atoms with E-state index in [2.05, 4.69) is 0 Å². The molecule has 12 heteroatoms. The lowest BCUT2D eigenvalue weighted by molar-refractivity contribution is -0.0251. The molecule has 0 bridgehead atoms. The number of hydrogen-bond acceptors (Lipinski definition) is 12. The summed E-state index contributed by atoms with van der Waals surface area (Å²) in [6, 6.07) is 0. The third kappa shape index (κ3) is 29.5. The van der Waals surface area contributed by atoms with E-state index < -0.39 is 0 Å². The zero-order valence-electron chi connectivity index (χ0n) is 19.3. The van der Waals surface area contributed by atoms with Crippen molar-refractivity contribution in [3.63, 3.8) is 0 Å². The lowest BCUT2D eigenvalue weighted by atomic mass is 10.6. The third-order valence-electron chi connectivity index (χ3n) is 3.60. The Morgan fingerprint density at radius 2 is 0.594 bits per heavy atom. The zero-order valence-corrected chi connectivity index (χ0v) is 19.3. The Morgan fingerprint density at radius 3 is 0.812 bits per heavy atom. The van der Waals surface area contributed by atoms with E-state index in [0.29, 0.717) is 132 Å². The van der Waals surface area contributed by atoms with Gasteiger partial charge >= 0.3 is 0 Å². The van der Waals surface area contributed by atoms with Crippen molar-refractivity contribution < 1.29 is 47.8 Å². The minimum atomic E-state index is 0.405. The fourth-order valence-corrected chi connectivity index (χ4v) is 2.06. The van der Waals surface area contributed by atoms with E-state index >= 15 is 0 Å². The largest absolute Gasteiger partial charge is 0.378 e. The highest BCUT2D eigenvalue weighted by atomic mass is 16.6. The summed E-state index contributed by atoms with van der Waals surface area (Å²) in [5, 5.41) is 8.35. The van der Waals surface area contributed by atoms with E-state index in [4.69, 9.17) is 53.6 Å². The summed E-state index contributed by atoms with van der Waals surface area (Å²) in [4.78, 5) is 0. The van der Waals surface area contributed by atoms with Crippen LogP contribution in [0.2, 0.25) is 0 Å². The maximum absolute atomic E-state index is 8.35. The van der Waals surface area contributed by atoms with Gasteiger partial charge in [0.1, 0.15) is 0 Å². The van der Waals surface area contributed by atoms with Crippen LogP contribution in [0.4, 0.5) is 0 Å². The third-order valence-corrected chi connectivity index (χ3v) is 3.60. The number of hydroxylamine groups is 1. The molecule has 0 atom stereocenters. The summed E-state index contributed by atoms with van der Waals surface area (Å²) in [6.07, 6.45) is 0. The van der Waals surface area contributed by atoms with Gasteiger partial charge in [0.15, 0.2) is 0 Å². The smallest absolute Gasteiger partial charge is 0.0701 e. The molecule has 12 nitrogen and oxygen atoms in total. The predicted molar refractivity (Wildman–Crippen MR) is 116 cm³/mol. The average Bonchev–Trinajstić information content (AvgIpc) is 2.81. The van der Waals surface area contributed by atoms with Gasteiger partial charge in [-0.25, -0.2) is 5.48 Å². The van der Waals surface area contributed by atoms with E-state index in [1.54, 1.807) is 0 Å². The molecule has 0 unspecified atom stereocenters. The molecule has 0 fully saturated rings. The number of hydrogen-bond donors (Lipinski definition) is 3. The lowest BCUT2D eigenvalue weighted by Crippen LogP contribution is -2.17. The molecule has 0 aromatic rings. The first-order valence-corrected chi connectivity index (χ1v) is 11.2. The van der Waals surface area contributed by atoms with Gasteiger partial charge in [-0.15, -0.1) is 0 Å². The van der Waals surface area contributed by atoms with Gasteiger partial charge in [-0.2, -0.15) is 0 Å². The zero-order chi connectivity index (χ0) is 23.2. The van der Waals surface area contributed by atoms with Gasteiger partial charge in [0.25, 0.3) is 0 Å². The van der Waals surface area contributed by atoms with Crippen LogP contribution in [-0.2, 0) is 42.6 Å². The molecule has 0 spiro atoms. The van der Waals surface area contributed by atoms with Crippen molar-refractivity contribution in [2.24, 2.45) is 5.73 Å². The molecule has 0 amide bonds. The highest BCUT2D eigenvalue weighted by Crippen LogP contribution is 1.86. The molecule has 0 aliphatic heterocycles. The first kappa shape index (κ1) is 31.5. The van der Waals surface area contributed by atoms with Gasteiger partial charge < -0.3 is 53.6 Å². The Bertz CT molecular complexity index is 303. The van der Waals surface area contributed by atoms with Crippen LogP contribution in [0.15, 0.2) is 0 Å². The average molecular weight is 473 g/mol. The maximum Gasteiger partial charge on any atom is 0.0701 e. The summed E-state index contributed by atoms with van der Waals surface area (Å²) in [6.45, 7) is 10.3. The Morgan fingerprint density at radius 1 is 0.375 bits per heavy atom. The van der Waals surface area contributed by atoms with E-state index in [-0.39, 0.29) is 0 Å². The quantitative estimate of drug-likeness (QED) is 0.0915. The van der Waals surface area contributed by atoms with Crippen LogP contribution in [0.3, 0.4) is 0 Å². The van der Waals surface area contributed by atoms with Crippen molar-refractivity contribution >= 4 is 0 Å². The van der Waals surface area contributed by atoms with Crippen LogP contribution in [-0.4, -0.2) is 137 Å². The van der Waals surface area contributed by atoms with Crippen molar-refractivity contribution in [3.8, 4) is 0 Å². The van der Waals surface area contributed by atoms with Crippen LogP contribution >= 0.6 is 0 Å². The fourth-order valence-electron chi connectivity index (χ4n) is 2.06. The molecule has 0 saturated carbocycles.